The second kappa shape index (κ2) is 6.69. The third kappa shape index (κ3) is 3.51. The van der Waals surface area contributed by atoms with Crippen LogP contribution in [0.1, 0.15) is 33.9 Å². The summed E-state index contributed by atoms with van der Waals surface area (Å²) in [6.07, 6.45) is 0.647. The summed E-state index contributed by atoms with van der Waals surface area (Å²) < 4.78 is 14.9. The molecule has 0 spiro atoms. The molecule has 21 heavy (non-hydrogen) atoms. The molecule has 0 radical (unpaired) electrons. The van der Waals surface area contributed by atoms with Gasteiger partial charge in [0.05, 0.1) is 6.04 Å². The molecule has 4 heteroatoms. The molecule has 1 unspecified atom stereocenters. The third-order valence-corrected chi connectivity index (χ3v) is 4.49. The number of rotatable bonds is 4. The van der Waals surface area contributed by atoms with Crippen LogP contribution in [0.5, 0.6) is 0 Å². The molecule has 0 fully saturated rings. The molecule has 0 aromatic heterocycles. The Balaban J connectivity index is 2.41. The van der Waals surface area contributed by atoms with Crippen LogP contribution >= 0.6 is 15.9 Å². The highest BCUT2D eigenvalue weighted by Gasteiger charge is 2.19. The van der Waals surface area contributed by atoms with Crippen molar-refractivity contribution in [3.05, 3.63) is 68.4 Å². The zero-order chi connectivity index (χ0) is 15.6. The van der Waals surface area contributed by atoms with Gasteiger partial charge in [-0.15, -0.1) is 0 Å². The standard InChI is InChI=1S/C17H20BrFN2/c1-10-7-11(2)13(12(3)8-10)9-16(21-20)17-14(18)5-4-6-15(17)19/h4-8,16,21H,9,20H2,1-3H3. The number of hydrogen-bond donors (Lipinski definition) is 2. The van der Waals surface area contributed by atoms with E-state index >= 15 is 0 Å². The van der Waals surface area contributed by atoms with Crippen LogP contribution in [0.25, 0.3) is 0 Å². The minimum absolute atomic E-state index is 0.255. The van der Waals surface area contributed by atoms with Crippen molar-refractivity contribution < 1.29 is 4.39 Å². The summed E-state index contributed by atoms with van der Waals surface area (Å²) in [5, 5.41) is 0. The van der Waals surface area contributed by atoms with Gasteiger partial charge in [-0.2, -0.15) is 0 Å². The van der Waals surface area contributed by atoms with E-state index in [1.54, 1.807) is 6.07 Å². The van der Waals surface area contributed by atoms with E-state index in [1.807, 2.05) is 6.07 Å². The Morgan fingerprint density at radius 3 is 2.33 bits per heavy atom. The smallest absolute Gasteiger partial charge is 0.129 e. The lowest BCUT2D eigenvalue weighted by atomic mass is 9.92. The summed E-state index contributed by atoms with van der Waals surface area (Å²) in [6.45, 7) is 6.24. The molecule has 0 heterocycles. The number of hydrazine groups is 1. The molecule has 2 nitrogen and oxygen atoms in total. The largest absolute Gasteiger partial charge is 0.271 e. The molecular formula is C17H20BrFN2. The van der Waals surface area contributed by atoms with Gasteiger partial charge in [0, 0.05) is 10.0 Å². The van der Waals surface area contributed by atoms with E-state index in [1.165, 1.54) is 28.3 Å². The van der Waals surface area contributed by atoms with Crippen molar-refractivity contribution >= 4 is 15.9 Å². The topological polar surface area (TPSA) is 38.0 Å². The van der Waals surface area contributed by atoms with Crippen molar-refractivity contribution in [2.75, 3.05) is 0 Å². The molecule has 0 aliphatic carbocycles. The predicted octanol–water partition coefficient (Wildman–Crippen LogP) is 4.26. The molecule has 0 saturated carbocycles. The molecule has 112 valence electrons. The van der Waals surface area contributed by atoms with Gasteiger partial charge in [0.1, 0.15) is 5.82 Å². The molecule has 2 aromatic carbocycles. The first-order chi connectivity index (χ1) is 9.93. The summed E-state index contributed by atoms with van der Waals surface area (Å²) in [7, 11) is 0. The van der Waals surface area contributed by atoms with E-state index in [0.717, 1.165) is 4.47 Å². The van der Waals surface area contributed by atoms with Crippen molar-refractivity contribution in [3.8, 4) is 0 Å². The normalized spacial score (nSPS) is 12.5. The van der Waals surface area contributed by atoms with Crippen molar-refractivity contribution in [1.82, 2.24) is 5.43 Å². The fourth-order valence-electron chi connectivity index (χ4n) is 2.82. The van der Waals surface area contributed by atoms with Crippen LogP contribution in [-0.2, 0) is 6.42 Å². The Bertz CT molecular complexity index is 612. The first-order valence-electron chi connectivity index (χ1n) is 6.90. The van der Waals surface area contributed by atoms with Crippen molar-refractivity contribution in [2.24, 2.45) is 5.84 Å². The number of benzene rings is 2. The van der Waals surface area contributed by atoms with Gasteiger partial charge in [0.2, 0.25) is 0 Å². The molecule has 2 aromatic rings. The van der Waals surface area contributed by atoms with E-state index in [9.17, 15) is 4.39 Å². The minimum Gasteiger partial charge on any atom is -0.271 e. The Hall–Kier alpha value is -1.23. The van der Waals surface area contributed by atoms with Gasteiger partial charge in [-0.05, 0) is 56.0 Å². The van der Waals surface area contributed by atoms with Gasteiger partial charge in [-0.25, -0.2) is 4.39 Å². The quantitative estimate of drug-likeness (QED) is 0.638. The summed E-state index contributed by atoms with van der Waals surface area (Å²) in [4.78, 5) is 0. The summed E-state index contributed by atoms with van der Waals surface area (Å²) in [5.74, 6) is 5.43. The SMILES string of the molecule is Cc1cc(C)c(CC(NN)c2c(F)cccc2Br)c(C)c1. The van der Waals surface area contributed by atoms with Crippen LogP contribution < -0.4 is 11.3 Å². The number of nitrogens with two attached hydrogens (primary N) is 1. The van der Waals surface area contributed by atoms with Crippen molar-refractivity contribution in [3.63, 3.8) is 0 Å². The Labute approximate surface area is 133 Å². The highest BCUT2D eigenvalue weighted by atomic mass is 79.9. The number of halogens is 2. The van der Waals surface area contributed by atoms with E-state index in [2.05, 4.69) is 54.3 Å². The molecule has 0 bridgehead atoms. The summed E-state index contributed by atoms with van der Waals surface area (Å²) in [5.41, 5.74) is 8.17. The molecular weight excluding hydrogens is 331 g/mol. The van der Waals surface area contributed by atoms with Gasteiger partial charge in [0.25, 0.3) is 0 Å². The molecule has 0 aliphatic heterocycles. The van der Waals surface area contributed by atoms with E-state index in [0.29, 0.717) is 12.0 Å². The lowest BCUT2D eigenvalue weighted by molar-refractivity contribution is 0.507. The number of hydrogen-bond acceptors (Lipinski definition) is 2. The zero-order valence-corrected chi connectivity index (χ0v) is 14.1. The molecule has 2 rings (SSSR count). The monoisotopic (exact) mass is 350 g/mol. The summed E-state index contributed by atoms with van der Waals surface area (Å²) in [6, 6.07) is 8.98. The van der Waals surface area contributed by atoms with Crippen LogP contribution in [-0.4, -0.2) is 0 Å². The lowest BCUT2D eigenvalue weighted by Crippen LogP contribution is -2.31. The van der Waals surface area contributed by atoms with Crippen LogP contribution in [0.4, 0.5) is 4.39 Å². The van der Waals surface area contributed by atoms with Crippen LogP contribution in [0.2, 0.25) is 0 Å². The minimum atomic E-state index is -0.277. The second-order valence-electron chi connectivity index (χ2n) is 5.44. The van der Waals surface area contributed by atoms with E-state index in [4.69, 9.17) is 5.84 Å². The molecule has 0 amide bonds. The van der Waals surface area contributed by atoms with Crippen LogP contribution in [0.3, 0.4) is 0 Å². The molecule has 0 saturated heterocycles. The van der Waals surface area contributed by atoms with Gasteiger partial charge in [-0.3, -0.25) is 11.3 Å². The first kappa shape index (κ1) is 16.1. The van der Waals surface area contributed by atoms with Crippen molar-refractivity contribution in [1.29, 1.82) is 0 Å². The van der Waals surface area contributed by atoms with Crippen molar-refractivity contribution in [2.45, 2.75) is 33.2 Å². The van der Waals surface area contributed by atoms with Gasteiger partial charge in [0.15, 0.2) is 0 Å². The van der Waals surface area contributed by atoms with Gasteiger partial charge < -0.3 is 0 Å². The maximum absolute atomic E-state index is 14.1. The van der Waals surface area contributed by atoms with Gasteiger partial charge >= 0.3 is 0 Å². The fourth-order valence-corrected chi connectivity index (χ4v) is 3.44. The first-order valence-corrected chi connectivity index (χ1v) is 7.70. The summed E-state index contributed by atoms with van der Waals surface area (Å²) >= 11 is 3.41. The highest BCUT2D eigenvalue weighted by molar-refractivity contribution is 9.10. The Kier molecular flexibility index (Phi) is 5.14. The van der Waals surface area contributed by atoms with E-state index in [-0.39, 0.29) is 11.9 Å². The molecule has 3 N–H and O–H groups in total. The second-order valence-corrected chi connectivity index (χ2v) is 6.29. The average molecular weight is 351 g/mol. The number of nitrogens with one attached hydrogen (secondary N) is 1. The fraction of sp³-hybridized carbons (Fsp3) is 0.294. The zero-order valence-electron chi connectivity index (χ0n) is 12.5. The Morgan fingerprint density at radius 1 is 1.19 bits per heavy atom. The molecule has 1 atom stereocenters. The van der Waals surface area contributed by atoms with E-state index < -0.39 is 0 Å². The average Bonchev–Trinajstić information content (AvgIpc) is 2.40. The maximum Gasteiger partial charge on any atom is 0.129 e. The van der Waals surface area contributed by atoms with Gasteiger partial charge in [-0.1, -0.05) is 39.7 Å². The third-order valence-electron chi connectivity index (χ3n) is 3.80. The number of aryl methyl sites for hydroxylation is 3. The van der Waals surface area contributed by atoms with Crippen LogP contribution in [0, 0.1) is 26.6 Å². The lowest BCUT2D eigenvalue weighted by Gasteiger charge is -2.21. The molecule has 0 aliphatic rings. The predicted molar refractivity (Wildman–Crippen MR) is 88.5 cm³/mol. The highest BCUT2D eigenvalue weighted by Crippen LogP contribution is 2.30. The Morgan fingerprint density at radius 2 is 1.81 bits per heavy atom. The maximum atomic E-state index is 14.1. The van der Waals surface area contributed by atoms with Crippen LogP contribution in [0.15, 0.2) is 34.8 Å².